The minimum absolute atomic E-state index is 0.131. The highest BCUT2D eigenvalue weighted by molar-refractivity contribution is 6.08. The van der Waals surface area contributed by atoms with Crippen LogP contribution in [-0.2, 0) is 0 Å². The zero-order chi connectivity index (χ0) is 19.1. The molecule has 1 amide bonds. The van der Waals surface area contributed by atoms with Crippen molar-refractivity contribution in [1.29, 1.82) is 0 Å². The molecule has 0 unspecified atom stereocenters. The van der Waals surface area contributed by atoms with Gasteiger partial charge in [-0.2, -0.15) is 0 Å². The topological polar surface area (TPSA) is 92.9 Å². The Kier molecular flexibility index (Phi) is 3.71. The number of para-hydroxylation sites is 2. The maximum absolute atomic E-state index is 13.3. The minimum Gasteiger partial charge on any atom is -0.355 e. The van der Waals surface area contributed by atoms with E-state index in [2.05, 4.69) is 15.5 Å². The van der Waals surface area contributed by atoms with E-state index < -0.39 is 0 Å². The van der Waals surface area contributed by atoms with Crippen molar-refractivity contribution >= 4 is 28.6 Å². The number of tetrazole rings is 1. The van der Waals surface area contributed by atoms with E-state index in [1.807, 2.05) is 48.3 Å². The summed E-state index contributed by atoms with van der Waals surface area (Å²) in [6, 6.07) is 14.9. The molecule has 9 heteroatoms. The third kappa shape index (κ3) is 2.64. The molecule has 3 heterocycles. The van der Waals surface area contributed by atoms with Crippen molar-refractivity contribution in [2.75, 3.05) is 29.9 Å². The Morgan fingerprint density at radius 1 is 0.964 bits per heavy atom. The van der Waals surface area contributed by atoms with Crippen molar-refractivity contribution in [3.63, 3.8) is 0 Å². The van der Waals surface area contributed by atoms with Crippen molar-refractivity contribution in [1.82, 2.24) is 30.2 Å². The third-order valence-electron chi connectivity index (χ3n) is 4.76. The van der Waals surface area contributed by atoms with Gasteiger partial charge in [0.2, 0.25) is 0 Å². The van der Waals surface area contributed by atoms with Crippen molar-refractivity contribution in [2.24, 2.45) is 0 Å². The number of nitrogens with zero attached hydrogens (tertiary/aromatic N) is 8. The van der Waals surface area contributed by atoms with E-state index in [-0.39, 0.29) is 5.91 Å². The summed E-state index contributed by atoms with van der Waals surface area (Å²) in [4.78, 5) is 26.5. The lowest BCUT2D eigenvalue weighted by atomic mass is 10.1. The van der Waals surface area contributed by atoms with Crippen LogP contribution in [0.25, 0.3) is 16.7 Å². The molecule has 0 fully saturated rings. The summed E-state index contributed by atoms with van der Waals surface area (Å²) in [5.41, 5.74) is 2.83. The van der Waals surface area contributed by atoms with Crippen LogP contribution in [0.3, 0.4) is 0 Å². The van der Waals surface area contributed by atoms with E-state index in [4.69, 9.17) is 9.97 Å². The van der Waals surface area contributed by atoms with Gasteiger partial charge < -0.3 is 4.90 Å². The van der Waals surface area contributed by atoms with Gasteiger partial charge in [0.1, 0.15) is 6.33 Å². The maximum Gasteiger partial charge on any atom is 0.259 e. The lowest BCUT2D eigenvalue weighted by Gasteiger charge is -2.33. The molecule has 1 aliphatic rings. The highest BCUT2D eigenvalue weighted by atomic mass is 16.2. The number of hydrogen-bond donors (Lipinski definition) is 0. The molecule has 0 bridgehead atoms. The lowest BCUT2D eigenvalue weighted by molar-refractivity contribution is 0.0986. The van der Waals surface area contributed by atoms with E-state index in [1.54, 1.807) is 17.0 Å². The predicted molar refractivity (Wildman–Crippen MR) is 104 cm³/mol. The van der Waals surface area contributed by atoms with Crippen molar-refractivity contribution < 1.29 is 4.79 Å². The smallest absolute Gasteiger partial charge is 0.259 e. The fourth-order valence-corrected chi connectivity index (χ4v) is 3.29. The highest BCUT2D eigenvalue weighted by Gasteiger charge is 2.29. The first kappa shape index (κ1) is 16.3. The number of carbonyl (C=O) groups is 1. The van der Waals surface area contributed by atoms with Gasteiger partial charge in [-0.25, -0.2) is 14.6 Å². The standard InChI is InChI=1S/C19H16N8O/c1-25-9-10-26(18-17(25)21-15-7-2-3-8-16(15)22-18)19(28)13-5-4-6-14(11-13)27-12-20-23-24-27/h2-8,11-12H,9-10H2,1H3. The van der Waals surface area contributed by atoms with Crippen LogP contribution in [0.4, 0.5) is 11.6 Å². The van der Waals surface area contributed by atoms with Crippen molar-refractivity contribution in [3.8, 4) is 5.69 Å². The van der Waals surface area contributed by atoms with Crippen LogP contribution in [0.5, 0.6) is 0 Å². The van der Waals surface area contributed by atoms with E-state index in [0.717, 1.165) is 16.7 Å². The molecule has 138 valence electrons. The fourth-order valence-electron chi connectivity index (χ4n) is 3.29. The molecule has 28 heavy (non-hydrogen) atoms. The van der Waals surface area contributed by atoms with Gasteiger partial charge >= 0.3 is 0 Å². The Balaban J connectivity index is 1.57. The molecule has 0 aliphatic carbocycles. The first-order valence-electron chi connectivity index (χ1n) is 8.84. The normalized spacial score (nSPS) is 13.6. The summed E-state index contributed by atoms with van der Waals surface area (Å²) >= 11 is 0. The molecule has 0 saturated carbocycles. The van der Waals surface area contributed by atoms with Crippen LogP contribution in [-0.4, -0.2) is 56.2 Å². The monoisotopic (exact) mass is 372 g/mol. The summed E-state index contributed by atoms with van der Waals surface area (Å²) < 4.78 is 1.52. The van der Waals surface area contributed by atoms with Gasteiger partial charge in [0.05, 0.1) is 16.7 Å². The molecule has 0 atom stereocenters. The summed E-state index contributed by atoms with van der Waals surface area (Å²) in [5, 5.41) is 11.2. The number of carbonyl (C=O) groups excluding carboxylic acids is 1. The zero-order valence-electron chi connectivity index (χ0n) is 15.1. The number of benzene rings is 2. The van der Waals surface area contributed by atoms with Gasteiger partial charge in [0, 0.05) is 25.7 Å². The second-order valence-electron chi connectivity index (χ2n) is 6.54. The van der Waals surface area contributed by atoms with Crippen molar-refractivity contribution in [3.05, 3.63) is 60.4 Å². The maximum atomic E-state index is 13.3. The van der Waals surface area contributed by atoms with Gasteiger partial charge in [0.25, 0.3) is 5.91 Å². The molecule has 0 N–H and O–H groups in total. The van der Waals surface area contributed by atoms with Crippen LogP contribution in [0.2, 0.25) is 0 Å². The number of amides is 1. The quantitative estimate of drug-likeness (QED) is 0.529. The number of fused-ring (bicyclic) bond motifs is 2. The van der Waals surface area contributed by atoms with E-state index in [9.17, 15) is 4.79 Å². The van der Waals surface area contributed by atoms with E-state index in [1.165, 1.54) is 11.0 Å². The Morgan fingerprint density at radius 2 is 1.75 bits per heavy atom. The number of aromatic nitrogens is 6. The van der Waals surface area contributed by atoms with Crippen LogP contribution in [0, 0.1) is 0 Å². The highest BCUT2D eigenvalue weighted by Crippen LogP contribution is 2.31. The lowest BCUT2D eigenvalue weighted by Crippen LogP contribution is -2.43. The van der Waals surface area contributed by atoms with Gasteiger partial charge in [-0.3, -0.25) is 9.69 Å². The van der Waals surface area contributed by atoms with Gasteiger partial charge in [0.15, 0.2) is 11.6 Å². The van der Waals surface area contributed by atoms with Crippen LogP contribution < -0.4 is 9.80 Å². The van der Waals surface area contributed by atoms with Crippen LogP contribution in [0.15, 0.2) is 54.9 Å². The third-order valence-corrected chi connectivity index (χ3v) is 4.76. The summed E-state index contributed by atoms with van der Waals surface area (Å²) in [6.45, 7) is 1.21. The number of anilines is 2. The number of likely N-dealkylation sites (N-methyl/N-ethyl adjacent to an activating group) is 1. The Labute approximate surface area is 160 Å². The Hall–Kier alpha value is -3.88. The van der Waals surface area contributed by atoms with Gasteiger partial charge in [-0.15, -0.1) is 5.10 Å². The number of hydrogen-bond acceptors (Lipinski definition) is 7. The average Bonchev–Trinajstić information content (AvgIpc) is 3.28. The molecule has 9 nitrogen and oxygen atoms in total. The number of rotatable bonds is 2. The van der Waals surface area contributed by atoms with Crippen LogP contribution >= 0.6 is 0 Å². The first-order chi connectivity index (χ1) is 13.7. The summed E-state index contributed by atoms with van der Waals surface area (Å²) in [7, 11) is 1.96. The first-order valence-corrected chi connectivity index (χ1v) is 8.84. The van der Waals surface area contributed by atoms with Gasteiger partial charge in [-0.1, -0.05) is 18.2 Å². The van der Waals surface area contributed by atoms with E-state index >= 15 is 0 Å². The Morgan fingerprint density at radius 3 is 2.50 bits per heavy atom. The summed E-state index contributed by atoms with van der Waals surface area (Å²) in [6.07, 6.45) is 1.49. The zero-order valence-corrected chi connectivity index (χ0v) is 15.1. The molecule has 0 spiro atoms. The second-order valence-corrected chi connectivity index (χ2v) is 6.54. The molecule has 1 aliphatic heterocycles. The molecule has 2 aromatic heterocycles. The SMILES string of the molecule is CN1CCN(C(=O)c2cccc(-n3cnnn3)c2)c2nc3ccccc3nc21. The Bertz CT molecular complexity index is 1170. The van der Waals surface area contributed by atoms with E-state index in [0.29, 0.717) is 30.3 Å². The van der Waals surface area contributed by atoms with Gasteiger partial charge in [-0.05, 0) is 40.8 Å². The van der Waals surface area contributed by atoms with Crippen LogP contribution in [0.1, 0.15) is 10.4 Å². The average molecular weight is 372 g/mol. The predicted octanol–water partition coefficient (Wildman–Crippen LogP) is 1.70. The molecular weight excluding hydrogens is 356 g/mol. The molecule has 5 rings (SSSR count). The minimum atomic E-state index is -0.131. The fraction of sp³-hybridized carbons (Fsp3) is 0.158. The van der Waals surface area contributed by atoms with Crippen molar-refractivity contribution in [2.45, 2.75) is 0 Å². The molecule has 0 radical (unpaired) electrons. The molecule has 2 aromatic carbocycles. The molecule has 4 aromatic rings. The molecular formula is C19H16N8O. The molecule has 0 saturated heterocycles. The second kappa shape index (κ2) is 6.38. The largest absolute Gasteiger partial charge is 0.355 e. The summed E-state index contributed by atoms with van der Waals surface area (Å²) in [5.74, 6) is 1.15.